The second-order valence-corrected chi connectivity index (χ2v) is 11.4. The summed E-state index contributed by atoms with van der Waals surface area (Å²) in [4.78, 5) is 40.7. The third-order valence-electron chi connectivity index (χ3n) is 6.28. The van der Waals surface area contributed by atoms with Crippen LogP contribution in [-0.4, -0.2) is 56.3 Å². The van der Waals surface area contributed by atoms with Crippen LogP contribution in [0.5, 0.6) is 0 Å². The number of hydrogen-bond donors (Lipinski definition) is 1. The molecule has 0 saturated heterocycles. The maximum Gasteiger partial charge on any atom is 0.244 e. The van der Waals surface area contributed by atoms with Gasteiger partial charge in [-0.3, -0.25) is 18.7 Å². The van der Waals surface area contributed by atoms with Crippen LogP contribution < -0.4 is 9.62 Å². The Morgan fingerprint density at radius 3 is 2.18 bits per heavy atom. The van der Waals surface area contributed by atoms with Crippen molar-refractivity contribution in [2.45, 2.75) is 39.8 Å². The summed E-state index contributed by atoms with van der Waals surface area (Å²) in [5.74, 6) is -1.09. The number of nitrogens with zero attached hydrogens (tertiary/aromatic N) is 2. The van der Waals surface area contributed by atoms with Crippen LogP contribution in [0.2, 0.25) is 0 Å². The van der Waals surface area contributed by atoms with Gasteiger partial charge in [-0.2, -0.15) is 0 Å². The first-order valence-electron chi connectivity index (χ1n) is 12.7. The van der Waals surface area contributed by atoms with E-state index in [0.717, 1.165) is 27.3 Å². The largest absolute Gasteiger partial charge is 0.355 e. The van der Waals surface area contributed by atoms with Gasteiger partial charge < -0.3 is 10.2 Å². The van der Waals surface area contributed by atoms with Gasteiger partial charge in [0, 0.05) is 25.1 Å². The van der Waals surface area contributed by atoms with Crippen molar-refractivity contribution in [3.05, 3.63) is 101 Å². The summed E-state index contributed by atoms with van der Waals surface area (Å²) in [6, 6.07) is 22.3. The van der Waals surface area contributed by atoms with E-state index < -0.39 is 28.5 Å². The van der Waals surface area contributed by atoms with Crippen LogP contribution in [0.3, 0.4) is 0 Å². The van der Waals surface area contributed by atoms with E-state index in [1.807, 2.05) is 61.5 Å². The highest BCUT2D eigenvalue weighted by Crippen LogP contribution is 2.22. The minimum Gasteiger partial charge on any atom is -0.355 e. The molecule has 0 spiro atoms. The summed E-state index contributed by atoms with van der Waals surface area (Å²) in [5, 5.41) is 2.83. The molecule has 8 nitrogen and oxygen atoms in total. The van der Waals surface area contributed by atoms with Crippen molar-refractivity contribution >= 4 is 33.3 Å². The summed E-state index contributed by atoms with van der Waals surface area (Å²) in [6.07, 6.45) is 1.26. The Morgan fingerprint density at radius 1 is 0.897 bits per heavy atom. The summed E-state index contributed by atoms with van der Waals surface area (Å²) in [7, 11) is -3.91. The number of aryl methyl sites for hydroxylation is 1. The zero-order valence-corrected chi connectivity index (χ0v) is 23.6. The van der Waals surface area contributed by atoms with E-state index in [4.69, 9.17) is 0 Å². The number of rotatable bonds is 12. The average molecular weight is 550 g/mol. The number of Topliss-reactive ketones (excluding diaryl/α,β-unsaturated/α-hetero) is 1. The van der Waals surface area contributed by atoms with E-state index in [2.05, 4.69) is 5.32 Å². The Labute approximate surface area is 230 Å². The maximum absolute atomic E-state index is 14.0. The molecular weight excluding hydrogens is 514 g/mol. The van der Waals surface area contributed by atoms with Crippen LogP contribution in [-0.2, 0) is 32.6 Å². The van der Waals surface area contributed by atoms with Crippen molar-refractivity contribution in [2.75, 3.05) is 23.7 Å². The SMILES string of the molecule is CCNC(=O)[C@H](Cc1ccccc1)N(Cc1cccc(C)c1)C(=O)CN(c1cccc(C(C)=O)c1)S(C)(=O)=O. The number of anilines is 1. The van der Waals surface area contributed by atoms with Gasteiger partial charge in [-0.25, -0.2) is 8.42 Å². The molecule has 3 aromatic rings. The Hall–Kier alpha value is -3.98. The zero-order valence-electron chi connectivity index (χ0n) is 22.8. The van der Waals surface area contributed by atoms with Crippen LogP contribution in [0.15, 0.2) is 78.9 Å². The Kier molecular flexibility index (Phi) is 10.0. The number of carbonyl (C=O) groups is 3. The minimum absolute atomic E-state index is 0.111. The molecule has 3 rings (SSSR count). The van der Waals surface area contributed by atoms with Gasteiger partial charge in [-0.05, 0) is 44.0 Å². The molecule has 39 heavy (non-hydrogen) atoms. The molecule has 206 valence electrons. The van der Waals surface area contributed by atoms with Gasteiger partial charge in [0.15, 0.2) is 5.78 Å². The van der Waals surface area contributed by atoms with Crippen LogP contribution >= 0.6 is 0 Å². The number of hydrogen-bond acceptors (Lipinski definition) is 5. The fraction of sp³-hybridized carbons (Fsp3) is 0.300. The molecule has 0 unspecified atom stereocenters. The monoisotopic (exact) mass is 549 g/mol. The van der Waals surface area contributed by atoms with Crippen molar-refractivity contribution in [3.8, 4) is 0 Å². The first kappa shape index (κ1) is 29.6. The molecule has 0 aliphatic heterocycles. The quantitative estimate of drug-likeness (QED) is 0.347. The third-order valence-corrected chi connectivity index (χ3v) is 7.42. The van der Waals surface area contributed by atoms with Crippen LogP contribution in [0.4, 0.5) is 5.69 Å². The lowest BCUT2D eigenvalue weighted by atomic mass is 10.0. The van der Waals surface area contributed by atoms with Gasteiger partial charge in [0.25, 0.3) is 0 Å². The van der Waals surface area contributed by atoms with Crippen molar-refractivity contribution in [2.24, 2.45) is 0 Å². The smallest absolute Gasteiger partial charge is 0.244 e. The van der Waals surface area contributed by atoms with Crippen molar-refractivity contribution < 1.29 is 22.8 Å². The summed E-state index contributed by atoms with van der Waals surface area (Å²) in [5.41, 5.74) is 3.21. The Bertz CT molecular complexity index is 1420. The van der Waals surface area contributed by atoms with Crippen LogP contribution in [0, 0.1) is 6.92 Å². The van der Waals surface area contributed by atoms with Crippen molar-refractivity contribution in [1.29, 1.82) is 0 Å². The highest BCUT2D eigenvalue weighted by atomic mass is 32.2. The molecule has 0 bridgehead atoms. The normalized spacial score (nSPS) is 11.9. The third kappa shape index (κ3) is 8.25. The molecule has 0 radical (unpaired) electrons. The average Bonchev–Trinajstić information content (AvgIpc) is 2.89. The maximum atomic E-state index is 14.0. The predicted molar refractivity (Wildman–Crippen MR) is 153 cm³/mol. The lowest BCUT2D eigenvalue weighted by Crippen LogP contribution is -2.53. The van der Waals surface area contributed by atoms with E-state index in [0.29, 0.717) is 12.1 Å². The number of carbonyl (C=O) groups excluding carboxylic acids is 3. The van der Waals surface area contributed by atoms with Crippen molar-refractivity contribution in [1.82, 2.24) is 10.2 Å². The molecular formula is C30H35N3O5S. The van der Waals surface area contributed by atoms with E-state index >= 15 is 0 Å². The van der Waals surface area contributed by atoms with Crippen LogP contribution in [0.1, 0.15) is 40.9 Å². The summed E-state index contributed by atoms with van der Waals surface area (Å²) >= 11 is 0. The van der Waals surface area contributed by atoms with Gasteiger partial charge in [0.1, 0.15) is 12.6 Å². The lowest BCUT2D eigenvalue weighted by Gasteiger charge is -2.33. The fourth-order valence-corrected chi connectivity index (χ4v) is 5.19. The molecule has 0 heterocycles. The molecule has 0 aliphatic carbocycles. The molecule has 0 saturated carbocycles. The first-order chi connectivity index (χ1) is 18.5. The van der Waals surface area contributed by atoms with E-state index in [1.54, 1.807) is 19.1 Å². The highest BCUT2D eigenvalue weighted by molar-refractivity contribution is 7.92. The second kappa shape index (κ2) is 13.2. The fourth-order valence-electron chi connectivity index (χ4n) is 4.35. The first-order valence-corrected chi connectivity index (χ1v) is 14.6. The number of amides is 2. The molecule has 1 atom stereocenters. The van der Waals surface area contributed by atoms with Gasteiger partial charge in [-0.15, -0.1) is 0 Å². The molecule has 0 aromatic heterocycles. The zero-order chi connectivity index (χ0) is 28.6. The number of ketones is 1. The molecule has 2 amide bonds. The standard InChI is InChI=1S/C30H35N3O5S/c1-5-31-30(36)28(18-24-12-7-6-8-13-24)32(20-25-14-9-11-22(2)17-25)29(35)21-33(39(4,37)38)27-16-10-15-26(19-27)23(3)34/h6-17,19,28H,5,18,20-21H2,1-4H3,(H,31,36)/t28-/m0/s1. The van der Waals surface area contributed by atoms with Gasteiger partial charge >= 0.3 is 0 Å². The molecule has 0 aliphatic rings. The molecule has 9 heteroatoms. The number of sulfonamides is 1. The van der Waals surface area contributed by atoms with Crippen LogP contribution in [0.25, 0.3) is 0 Å². The Morgan fingerprint density at radius 2 is 1.56 bits per heavy atom. The summed E-state index contributed by atoms with van der Waals surface area (Å²) < 4.78 is 26.7. The topological polar surface area (TPSA) is 104 Å². The van der Waals surface area contributed by atoms with E-state index in [-0.39, 0.29) is 30.3 Å². The lowest BCUT2D eigenvalue weighted by molar-refractivity contribution is -0.140. The molecule has 1 N–H and O–H groups in total. The second-order valence-electron chi connectivity index (χ2n) is 9.49. The van der Waals surface area contributed by atoms with Gasteiger partial charge in [0.05, 0.1) is 11.9 Å². The minimum atomic E-state index is -3.91. The Balaban J connectivity index is 2.06. The van der Waals surface area contributed by atoms with E-state index in [1.165, 1.54) is 24.0 Å². The predicted octanol–water partition coefficient (Wildman–Crippen LogP) is 3.74. The number of benzene rings is 3. The van der Waals surface area contributed by atoms with Crippen molar-refractivity contribution in [3.63, 3.8) is 0 Å². The number of nitrogens with one attached hydrogen (secondary N) is 1. The van der Waals surface area contributed by atoms with Gasteiger partial charge in [-0.1, -0.05) is 72.3 Å². The summed E-state index contributed by atoms with van der Waals surface area (Å²) in [6.45, 7) is 5.09. The number of likely N-dealkylation sites (N-methyl/N-ethyl adjacent to an activating group) is 1. The highest BCUT2D eigenvalue weighted by Gasteiger charge is 2.33. The molecule has 0 fully saturated rings. The molecule has 3 aromatic carbocycles. The van der Waals surface area contributed by atoms with Gasteiger partial charge in [0.2, 0.25) is 21.8 Å². The van der Waals surface area contributed by atoms with E-state index in [9.17, 15) is 22.8 Å².